The molecule has 2 N–H and O–H groups in total. The third-order valence-corrected chi connectivity index (χ3v) is 4.38. The van der Waals surface area contributed by atoms with E-state index in [-0.39, 0.29) is 0 Å². The molecular formula is C14H25N3O2S. The minimum atomic E-state index is -3.45. The predicted octanol–water partition coefficient (Wildman–Crippen LogP) is 1.02. The van der Waals surface area contributed by atoms with Gasteiger partial charge in [0.25, 0.3) is 0 Å². The second-order valence-electron chi connectivity index (χ2n) is 5.34. The fourth-order valence-electron chi connectivity index (χ4n) is 1.71. The van der Waals surface area contributed by atoms with Crippen molar-refractivity contribution >= 4 is 10.0 Å². The molecule has 0 fully saturated rings. The molecular weight excluding hydrogens is 274 g/mol. The van der Waals surface area contributed by atoms with E-state index >= 15 is 0 Å². The van der Waals surface area contributed by atoms with Crippen LogP contribution in [0.1, 0.15) is 19.4 Å². The molecule has 0 spiro atoms. The molecule has 0 aliphatic rings. The third kappa shape index (κ3) is 5.58. The Balaban J connectivity index is 2.83. The lowest BCUT2D eigenvalue weighted by atomic mass is 10.2. The lowest BCUT2D eigenvalue weighted by Gasteiger charge is -2.15. The fourth-order valence-corrected chi connectivity index (χ4v) is 2.97. The highest BCUT2D eigenvalue weighted by Crippen LogP contribution is 2.15. The first-order chi connectivity index (χ1) is 9.33. The molecule has 0 amide bonds. The Bertz CT molecular complexity index is 513. The number of likely N-dealkylation sites (N-methyl/N-ethyl adjacent to an activating group) is 1. The van der Waals surface area contributed by atoms with E-state index in [0.717, 1.165) is 5.56 Å². The van der Waals surface area contributed by atoms with Crippen LogP contribution in [0.4, 0.5) is 0 Å². The van der Waals surface area contributed by atoms with Crippen LogP contribution < -0.4 is 10.0 Å². The smallest absolute Gasteiger partial charge is 0.240 e. The Morgan fingerprint density at radius 2 is 1.85 bits per heavy atom. The molecule has 0 aliphatic heterocycles. The number of nitrogens with zero attached hydrogens (tertiary/aromatic N) is 1. The van der Waals surface area contributed by atoms with Gasteiger partial charge in [-0.1, -0.05) is 32.0 Å². The van der Waals surface area contributed by atoms with E-state index < -0.39 is 10.0 Å². The molecule has 5 nitrogen and oxygen atoms in total. The van der Waals surface area contributed by atoms with Crippen LogP contribution in [0.5, 0.6) is 0 Å². The standard InChI is InChI=1S/C14H25N3O2S/c1-12(2)15-11-13-7-5-6-8-14(13)20(18,19)16-9-10-17(3)4/h5-8,12,15-16H,9-11H2,1-4H3. The molecule has 1 aromatic carbocycles. The molecule has 114 valence electrons. The van der Waals surface area contributed by atoms with Crippen LogP contribution in [0.3, 0.4) is 0 Å². The molecule has 1 rings (SSSR count). The van der Waals surface area contributed by atoms with Gasteiger partial charge in [-0.15, -0.1) is 0 Å². The molecule has 20 heavy (non-hydrogen) atoms. The van der Waals surface area contributed by atoms with Gasteiger partial charge < -0.3 is 10.2 Å². The van der Waals surface area contributed by atoms with Crippen LogP contribution in [0.15, 0.2) is 29.2 Å². The van der Waals surface area contributed by atoms with E-state index in [9.17, 15) is 8.42 Å². The van der Waals surface area contributed by atoms with Crippen molar-refractivity contribution < 1.29 is 8.42 Å². The minimum absolute atomic E-state index is 0.312. The van der Waals surface area contributed by atoms with Gasteiger partial charge in [0, 0.05) is 25.7 Å². The number of hydrogen-bond donors (Lipinski definition) is 2. The van der Waals surface area contributed by atoms with Crippen molar-refractivity contribution in [3.05, 3.63) is 29.8 Å². The number of nitrogens with one attached hydrogen (secondary N) is 2. The lowest BCUT2D eigenvalue weighted by Crippen LogP contribution is -2.32. The van der Waals surface area contributed by atoms with Crippen molar-refractivity contribution in [3.63, 3.8) is 0 Å². The van der Waals surface area contributed by atoms with Crippen molar-refractivity contribution in [2.75, 3.05) is 27.2 Å². The van der Waals surface area contributed by atoms with Crippen LogP contribution in [-0.4, -0.2) is 46.5 Å². The second-order valence-corrected chi connectivity index (χ2v) is 7.08. The lowest BCUT2D eigenvalue weighted by molar-refractivity contribution is 0.412. The van der Waals surface area contributed by atoms with E-state index in [0.29, 0.717) is 30.6 Å². The molecule has 0 heterocycles. The Kier molecular flexibility index (Phi) is 6.61. The van der Waals surface area contributed by atoms with E-state index in [4.69, 9.17) is 0 Å². The molecule has 0 unspecified atom stereocenters. The molecule has 6 heteroatoms. The predicted molar refractivity (Wildman–Crippen MR) is 82.2 cm³/mol. The quantitative estimate of drug-likeness (QED) is 0.752. The van der Waals surface area contributed by atoms with Gasteiger partial charge >= 0.3 is 0 Å². The zero-order chi connectivity index (χ0) is 15.2. The molecule has 0 radical (unpaired) electrons. The average molecular weight is 299 g/mol. The minimum Gasteiger partial charge on any atom is -0.310 e. The zero-order valence-electron chi connectivity index (χ0n) is 12.7. The molecule has 0 aliphatic carbocycles. The summed E-state index contributed by atoms with van der Waals surface area (Å²) in [7, 11) is 0.372. The van der Waals surface area contributed by atoms with Crippen molar-refractivity contribution in [1.29, 1.82) is 0 Å². The van der Waals surface area contributed by atoms with Crippen LogP contribution in [0, 0.1) is 0 Å². The van der Waals surface area contributed by atoms with Gasteiger partial charge in [-0.25, -0.2) is 13.1 Å². The van der Waals surface area contributed by atoms with Crippen LogP contribution >= 0.6 is 0 Å². The summed E-state index contributed by atoms with van der Waals surface area (Å²) in [4.78, 5) is 2.29. The van der Waals surface area contributed by atoms with Gasteiger partial charge in [-0.05, 0) is 25.7 Å². The van der Waals surface area contributed by atoms with Crippen molar-refractivity contribution in [2.24, 2.45) is 0 Å². The Labute approximate surface area is 122 Å². The Morgan fingerprint density at radius 1 is 1.20 bits per heavy atom. The van der Waals surface area contributed by atoms with Crippen LogP contribution in [-0.2, 0) is 16.6 Å². The van der Waals surface area contributed by atoms with E-state index in [1.165, 1.54) is 0 Å². The van der Waals surface area contributed by atoms with Gasteiger partial charge in [-0.2, -0.15) is 0 Å². The third-order valence-electron chi connectivity index (χ3n) is 2.81. The summed E-state index contributed by atoms with van der Waals surface area (Å²) < 4.78 is 27.3. The number of sulfonamides is 1. The summed E-state index contributed by atoms with van der Waals surface area (Å²) in [5.41, 5.74) is 0.790. The van der Waals surface area contributed by atoms with Gasteiger partial charge in [0.15, 0.2) is 0 Å². The SMILES string of the molecule is CC(C)NCc1ccccc1S(=O)(=O)NCCN(C)C. The summed E-state index contributed by atoms with van der Waals surface area (Å²) in [6, 6.07) is 7.41. The summed E-state index contributed by atoms with van der Waals surface area (Å²) in [5, 5.41) is 3.25. The zero-order valence-corrected chi connectivity index (χ0v) is 13.5. The Hall–Kier alpha value is -0.950. The van der Waals surface area contributed by atoms with E-state index in [1.54, 1.807) is 12.1 Å². The van der Waals surface area contributed by atoms with Crippen LogP contribution in [0.2, 0.25) is 0 Å². The van der Waals surface area contributed by atoms with E-state index in [1.807, 2.05) is 45.0 Å². The summed E-state index contributed by atoms with van der Waals surface area (Å²) in [5.74, 6) is 0. The topological polar surface area (TPSA) is 61.4 Å². The number of benzene rings is 1. The average Bonchev–Trinajstić information content (AvgIpc) is 2.36. The molecule has 1 aromatic rings. The first-order valence-electron chi connectivity index (χ1n) is 6.78. The van der Waals surface area contributed by atoms with Gasteiger partial charge in [0.05, 0.1) is 4.90 Å². The maximum Gasteiger partial charge on any atom is 0.240 e. The van der Waals surface area contributed by atoms with Crippen LogP contribution in [0.25, 0.3) is 0 Å². The maximum atomic E-state index is 12.3. The van der Waals surface area contributed by atoms with E-state index in [2.05, 4.69) is 10.0 Å². The largest absolute Gasteiger partial charge is 0.310 e. The number of rotatable bonds is 8. The highest BCUT2D eigenvalue weighted by atomic mass is 32.2. The van der Waals surface area contributed by atoms with Gasteiger partial charge in [0.2, 0.25) is 10.0 Å². The Morgan fingerprint density at radius 3 is 2.45 bits per heavy atom. The van der Waals surface area contributed by atoms with Crippen molar-refractivity contribution in [2.45, 2.75) is 31.3 Å². The number of hydrogen-bond acceptors (Lipinski definition) is 4. The molecule has 0 bridgehead atoms. The first-order valence-corrected chi connectivity index (χ1v) is 8.27. The monoisotopic (exact) mass is 299 g/mol. The highest BCUT2D eigenvalue weighted by Gasteiger charge is 2.17. The molecule has 0 atom stereocenters. The highest BCUT2D eigenvalue weighted by molar-refractivity contribution is 7.89. The van der Waals surface area contributed by atoms with Gasteiger partial charge in [-0.3, -0.25) is 0 Å². The van der Waals surface area contributed by atoms with Crippen molar-refractivity contribution in [3.8, 4) is 0 Å². The maximum absolute atomic E-state index is 12.3. The van der Waals surface area contributed by atoms with Crippen molar-refractivity contribution in [1.82, 2.24) is 14.9 Å². The summed E-state index contributed by atoms with van der Waals surface area (Å²) in [6.45, 7) is 5.69. The first kappa shape index (κ1) is 17.1. The summed E-state index contributed by atoms with van der Waals surface area (Å²) in [6.07, 6.45) is 0. The molecule has 0 saturated heterocycles. The van der Waals surface area contributed by atoms with Gasteiger partial charge in [0.1, 0.15) is 0 Å². The fraction of sp³-hybridized carbons (Fsp3) is 0.571. The second kappa shape index (κ2) is 7.73. The molecule has 0 saturated carbocycles. The normalized spacial score (nSPS) is 12.3. The summed E-state index contributed by atoms with van der Waals surface area (Å²) >= 11 is 0. The molecule has 0 aromatic heterocycles.